The molecule has 0 radical (unpaired) electrons. The third kappa shape index (κ3) is 1.43. The van der Waals surface area contributed by atoms with Gasteiger partial charge in [0.1, 0.15) is 0 Å². The average Bonchev–Trinajstić information content (AvgIpc) is 2.34. The van der Waals surface area contributed by atoms with Crippen molar-refractivity contribution in [1.82, 2.24) is 4.90 Å². The SMILES string of the molecule is CN(C#N)[C@@H]1C=C[C@@H](Cl)C1. The van der Waals surface area contributed by atoms with Gasteiger partial charge in [0, 0.05) is 7.05 Å². The van der Waals surface area contributed by atoms with Crippen LogP contribution in [0.1, 0.15) is 6.42 Å². The number of hydrogen-bond donors (Lipinski definition) is 0. The highest BCUT2D eigenvalue weighted by molar-refractivity contribution is 6.22. The number of rotatable bonds is 1. The minimum atomic E-state index is 0.112. The number of likely N-dealkylation sites (N-methyl/N-ethyl adjacent to an activating group) is 1. The molecular formula is C7H9ClN2. The van der Waals surface area contributed by atoms with Crippen LogP contribution in [0.15, 0.2) is 12.2 Å². The smallest absolute Gasteiger partial charge is 0.179 e. The number of hydrogen-bond acceptors (Lipinski definition) is 2. The zero-order valence-electron chi connectivity index (χ0n) is 5.79. The first-order valence-electron chi connectivity index (χ1n) is 3.19. The van der Waals surface area contributed by atoms with Crippen molar-refractivity contribution >= 4 is 11.6 Å². The summed E-state index contributed by atoms with van der Waals surface area (Å²) >= 11 is 5.79. The van der Waals surface area contributed by atoms with Gasteiger partial charge in [-0.2, -0.15) is 5.26 Å². The van der Waals surface area contributed by atoms with Gasteiger partial charge in [-0.05, 0) is 6.42 Å². The fourth-order valence-electron chi connectivity index (χ4n) is 0.998. The molecule has 1 aliphatic carbocycles. The highest BCUT2D eigenvalue weighted by Crippen LogP contribution is 2.19. The summed E-state index contributed by atoms with van der Waals surface area (Å²) in [6.07, 6.45) is 6.81. The minimum Gasteiger partial charge on any atom is -0.307 e. The van der Waals surface area contributed by atoms with E-state index < -0.39 is 0 Å². The highest BCUT2D eigenvalue weighted by Gasteiger charge is 2.19. The lowest BCUT2D eigenvalue weighted by molar-refractivity contribution is 0.396. The van der Waals surface area contributed by atoms with Crippen LogP contribution in [0.4, 0.5) is 0 Å². The van der Waals surface area contributed by atoms with Crippen LogP contribution in [0.3, 0.4) is 0 Å². The molecule has 0 saturated heterocycles. The Morgan fingerprint density at radius 3 is 2.80 bits per heavy atom. The molecule has 0 aromatic rings. The van der Waals surface area contributed by atoms with E-state index in [1.54, 1.807) is 11.9 Å². The van der Waals surface area contributed by atoms with Crippen molar-refractivity contribution in [3.63, 3.8) is 0 Å². The van der Waals surface area contributed by atoms with Crippen LogP contribution in [-0.2, 0) is 0 Å². The van der Waals surface area contributed by atoms with E-state index in [2.05, 4.69) is 6.19 Å². The van der Waals surface area contributed by atoms with E-state index in [1.807, 2.05) is 12.2 Å². The largest absolute Gasteiger partial charge is 0.307 e. The number of nitriles is 1. The fraction of sp³-hybridized carbons (Fsp3) is 0.571. The van der Waals surface area contributed by atoms with Crippen LogP contribution >= 0.6 is 11.6 Å². The number of halogens is 1. The Morgan fingerprint density at radius 2 is 2.40 bits per heavy atom. The zero-order valence-corrected chi connectivity index (χ0v) is 6.54. The highest BCUT2D eigenvalue weighted by atomic mass is 35.5. The molecule has 0 N–H and O–H groups in total. The molecule has 0 heterocycles. The van der Waals surface area contributed by atoms with Gasteiger partial charge in [-0.3, -0.25) is 0 Å². The van der Waals surface area contributed by atoms with Gasteiger partial charge in [-0.1, -0.05) is 12.2 Å². The Bertz CT molecular complexity index is 183. The Labute approximate surface area is 65.7 Å². The molecule has 3 heteroatoms. The molecule has 1 aliphatic rings. The molecule has 0 bridgehead atoms. The number of alkyl halides is 1. The monoisotopic (exact) mass is 156 g/mol. The van der Waals surface area contributed by atoms with Crippen LogP contribution in [0.25, 0.3) is 0 Å². The standard InChI is InChI=1S/C7H9ClN2/c1-10(5-9)7-3-2-6(8)4-7/h2-3,6-7H,4H2,1H3/t6-,7-/m1/s1. The Morgan fingerprint density at radius 1 is 1.70 bits per heavy atom. The zero-order chi connectivity index (χ0) is 7.56. The molecule has 0 amide bonds. The first kappa shape index (κ1) is 7.43. The van der Waals surface area contributed by atoms with Crippen LogP contribution < -0.4 is 0 Å². The van der Waals surface area contributed by atoms with Gasteiger partial charge in [-0.25, -0.2) is 0 Å². The van der Waals surface area contributed by atoms with E-state index in [0.717, 1.165) is 6.42 Å². The number of allylic oxidation sites excluding steroid dienone is 1. The Hall–Kier alpha value is -0.680. The molecule has 0 aliphatic heterocycles. The Balaban J connectivity index is 2.48. The molecule has 10 heavy (non-hydrogen) atoms. The van der Waals surface area contributed by atoms with Gasteiger partial charge in [0.25, 0.3) is 0 Å². The van der Waals surface area contributed by atoms with Crippen molar-refractivity contribution in [1.29, 1.82) is 5.26 Å². The van der Waals surface area contributed by atoms with Crippen molar-refractivity contribution in [2.45, 2.75) is 17.8 Å². The molecule has 0 aromatic carbocycles. The van der Waals surface area contributed by atoms with Crippen LogP contribution in [0.5, 0.6) is 0 Å². The van der Waals surface area contributed by atoms with Gasteiger partial charge < -0.3 is 4.90 Å². The second kappa shape index (κ2) is 2.94. The molecule has 0 spiro atoms. The molecule has 1 rings (SSSR count). The molecule has 0 aromatic heterocycles. The molecule has 2 nitrogen and oxygen atoms in total. The van der Waals surface area contributed by atoms with Crippen LogP contribution in [-0.4, -0.2) is 23.4 Å². The minimum absolute atomic E-state index is 0.112. The van der Waals surface area contributed by atoms with Crippen molar-refractivity contribution < 1.29 is 0 Å². The second-order valence-electron chi connectivity index (χ2n) is 2.41. The van der Waals surface area contributed by atoms with Crippen molar-refractivity contribution in [2.24, 2.45) is 0 Å². The van der Waals surface area contributed by atoms with E-state index >= 15 is 0 Å². The predicted molar refractivity (Wildman–Crippen MR) is 40.6 cm³/mol. The van der Waals surface area contributed by atoms with E-state index in [1.165, 1.54) is 0 Å². The van der Waals surface area contributed by atoms with Gasteiger partial charge in [0.2, 0.25) is 0 Å². The lowest BCUT2D eigenvalue weighted by atomic mass is 10.2. The third-order valence-electron chi connectivity index (χ3n) is 1.66. The van der Waals surface area contributed by atoms with Crippen LogP contribution in [0.2, 0.25) is 0 Å². The quantitative estimate of drug-likeness (QED) is 0.248. The lowest BCUT2D eigenvalue weighted by Crippen LogP contribution is -2.24. The Kier molecular flexibility index (Phi) is 2.18. The van der Waals surface area contributed by atoms with Crippen molar-refractivity contribution in [3.8, 4) is 6.19 Å². The predicted octanol–water partition coefficient (Wildman–Crippen LogP) is 1.34. The fourth-order valence-corrected chi connectivity index (χ4v) is 1.26. The van der Waals surface area contributed by atoms with Gasteiger partial charge >= 0.3 is 0 Å². The molecule has 0 fully saturated rings. The summed E-state index contributed by atoms with van der Waals surface area (Å²) in [7, 11) is 1.77. The van der Waals surface area contributed by atoms with Crippen molar-refractivity contribution in [3.05, 3.63) is 12.2 Å². The van der Waals surface area contributed by atoms with E-state index in [4.69, 9.17) is 16.9 Å². The summed E-state index contributed by atoms with van der Waals surface area (Å²) in [6, 6.07) is 0.215. The molecule has 2 atom stereocenters. The normalized spacial score (nSPS) is 30.1. The van der Waals surface area contributed by atoms with Gasteiger partial charge in [-0.15, -0.1) is 11.6 Å². The molecule has 0 unspecified atom stereocenters. The second-order valence-corrected chi connectivity index (χ2v) is 2.98. The molecule has 0 saturated carbocycles. The first-order valence-corrected chi connectivity index (χ1v) is 3.62. The van der Waals surface area contributed by atoms with Crippen molar-refractivity contribution in [2.75, 3.05) is 7.05 Å². The topological polar surface area (TPSA) is 27.0 Å². The summed E-state index contributed by atoms with van der Waals surface area (Å²) in [4.78, 5) is 1.61. The van der Waals surface area contributed by atoms with E-state index in [-0.39, 0.29) is 11.4 Å². The van der Waals surface area contributed by atoms with E-state index in [9.17, 15) is 0 Å². The lowest BCUT2D eigenvalue weighted by Gasteiger charge is -2.15. The maximum absolute atomic E-state index is 8.48. The summed E-state index contributed by atoms with van der Waals surface area (Å²) < 4.78 is 0. The van der Waals surface area contributed by atoms with Gasteiger partial charge in [0.15, 0.2) is 6.19 Å². The summed E-state index contributed by atoms with van der Waals surface area (Å²) in [5.74, 6) is 0. The van der Waals surface area contributed by atoms with Crippen LogP contribution in [0, 0.1) is 11.5 Å². The average molecular weight is 157 g/mol. The summed E-state index contributed by atoms with van der Waals surface area (Å²) in [5.41, 5.74) is 0. The maximum Gasteiger partial charge on any atom is 0.179 e. The third-order valence-corrected chi connectivity index (χ3v) is 1.99. The van der Waals surface area contributed by atoms with Gasteiger partial charge in [0.05, 0.1) is 11.4 Å². The number of nitrogens with zero attached hydrogens (tertiary/aromatic N) is 2. The molecule has 54 valence electrons. The maximum atomic E-state index is 8.48. The van der Waals surface area contributed by atoms with E-state index in [0.29, 0.717) is 0 Å². The first-order chi connectivity index (χ1) is 4.74. The summed E-state index contributed by atoms with van der Waals surface area (Å²) in [6.45, 7) is 0. The summed E-state index contributed by atoms with van der Waals surface area (Å²) in [5, 5.41) is 8.59. The molecular weight excluding hydrogens is 148 g/mol.